The molecule has 3 aromatic carbocycles. The first-order valence-corrected chi connectivity index (χ1v) is 20.9. The Bertz CT molecular complexity index is 1260. The van der Waals surface area contributed by atoms with Crippen LogP contribution in [-0.2, 0) is 28.2 Å². The number of hydrogen-bond acceptors (Lipinski definition) is 2. The molecule has 254 valence electrons. The zero-order chi connectivity index (χ0) is 32.7. The highest BCUT2D eigenvalue weighted by Crippen LogP contribution is 2.71. The summed E-state index contributed by atoms with van der Waals surface area (Å²) in [6.45, 7) is 6.80. The van der Waals surface area contributed by atoms with Gasteiger partial charge < -0.3 is 4.18 Å². The number of aryl methyl sites for hydroxylation is 3. The number of benzene rings is 3. The van der Waals surface area contributed by atoms with Gasteiger partial charge in [-0.2, -0.15) is 0 Å². The van der Waals surface area contributed by atoms with Crippen molar-refractivity contribution in [3.05, 3.63) is 89.5 Å². The molecule has 7 rings (SSSR count). The van der Waals surface area contributed by atoms with Crippen LogP contribution in [-0.4, -0.2) is 5.97 Å². The second-order valence-corrected chi connectivity index (χ2v) is 18.1. The maximum absolute atomic E-state index is 15.0. The zero-order valence-electron chi connectivity index (χ0n) is 29.6. The standard InChI is InChI=1S/C44H60O2S/c1-4-7-10-13-34-16-22-40(23-17-34)47(41-24-18-35(19-25-41)14-11-8-5-2,42-26-20-36(21-27-42)15-12-9-6-3)46-43(45)44-31-37-28-38(32-44)30-39(29-37)33-44/h16-27,37-39H,4-15,28-33H2,1-3H3. The Kier molecular flexibility index (Phi) is 11.5. The fraction of sp³-hybridized carbons (Fsp3) is 0.568. The summed E-state index contributed by atoms with van der Waals surface area (Å²) >= 11 is 0. The lowest BCUT2D eigenvalue weighted by Crippen LogP contribution is -2.50. The molecule has 47 heavy (non-hydrogen) atoms. The predicted octanol–water partition coefficient (Wildman–Crippen LogP) is 12.8. The molecule has 0 amide bonds. The lowest BCUT2D eigenvalue weighted by molar-refractivity contribution is -0.160. The molecule has 0 N–H and O–H groups in total. The molecule has 4 saturated carbocycles. The summed E-state index contributed by atoms with van der Waals surface area (Å²) in [4.78, 5) is 18.4. The molecule has 4 bridgehead atoms. The molecule has 0 radical (unpaired) electrons. The van der Waals surface area contributed by atoms with Crippen LogP contribution in [0.2, 0.25) is 0 Å². The zero-order valence-corrected chi connectivity index (χ0v) is 30.4. The van der Waals surface area contributed by atoms with Gasteiger partial charge in [0.25, 0.3) is 0 Å². The van der Waals surface area contributed by atoms with Crippen LogP contribution in [0.4, 0.5) is 0 Å². The molecule has 0 aromatic heterocycles. The van der Waals surface area contributed by atoms with E-state index < -0.39 is 10.3 Å². The van der Waals surface area contributed by atoms with E-state index in [1.54, 1.807) is 0 Å². The Balaban J connectivity index is 1.42. The molecule has 0 saturated heterocycles. The van der Waals surface area contributed by atoms with Crippen LogP contribution in [0, 0.1) is 23.2 Å². The molecule has 0 unspecified atom stereocenters. The van der Waals surface area contributed by atoms with Crippen LogP contribution >= 0.6 is 10.3 Å². The van der Waals surface area contributed by atoms with Crippen molar-refractivity contribution in [1.29, 1.82) is 0 Å². The monoisotopic (exact) mass is 652 g/mol. The van der Waals surface area contributed by atoms with Crippen molar-refractivity contribution in [2.24, 2.45) is 23.2 Å². The van der Waals surface area contributed by atoms with E-state index in [1.807, 2.05) is 0 Å². The quantitative estimate of drug-likeness (QED) is 0.136. The molecule has 0 aliphatic heterocycles. The van der Waals surface area contributed by atoms with Gasteiger partial charge >= 0.3 is 5.97 Å². The van der Waals surface area contributed by atoms with Crippen LogP contribution in [0.3, 0.4) is 0 Å². The smallest absolute Gasteiger partial charge is 0.323 e. The Morgan fingerprint density at radius 3 is 1.17 bits per heavy atom. The Morgan fingerprint density at radius 1 is 0.553 bits per heavy atom. The van der Waals surface area contributed by atoms with Gasteiger partial charge in [-0.1, -0.05) is 95.7 Å². The maximum atomic E-state index is 15.0. The van der Waals surface area contributed by atoms with E-state index in [1.165, 1.54) is 93.7 Å². The summed E-state index contributed by atoms with van der Waals surface area (Å²) in [6, 6.07) is 27.7. The topological polar surface area (TPSA) is 26.3 Å². The third kappa shape index (κ3) is 7.71. The SMILES string of the molecule is CCCCCc1ccc(S(OC(=O)C23CC4CC(CC(C4)C2)C3)(c2ccc(CCCCC)cc2)c2ccc(CCCCC)cc2)cc1. The van der Waals surface area contributed by atoms with Gasteiger partial charge in [-0.3, -0.25) is 4.79 Å². The molecule has 3 aromatic rings. The van der Waals surface area contributed by atoms with Crippen LogP contribution in [0.1, 0.15) is 134 Å². The van der Waals surface area contributed by atoms with Gasteiger partial charge in [0.2, 0.25) is 0 Å². The van der Waals surface area contributed by atoms with Gasteiger partial charge in [-0.05, 0) is 158 Å². The first-order valence-electron chi connectivity index (χ1n) is 19.3. The van der Waals surface area contributed by atoms with Crippen LogP contribution in [0.15, 0.2) is 87.5 Å². The fourth-order valence-corrected chi connectivity index (χ4v) is 12.5. The van der Waals surface area contributed by atoms with Gasteiger partial charge in [-0.15, -0.1) is 0 Å². The van der Waals surface area contributed by atoms with E-state index in [0.717, 1.165) is 53.2 Å². The van der Waals surface area contributed by atoms with E-state index in [-0.39, 0.29) is 11.4 Å². The van der Waals surface area contributed by atoms with Gasteiger partial charge in [0.05, 0.1) is 5.41 Å². The molecular formula is C44H60O2S. The van der Waals surface area contributed by atoms with Crippen LogP contribution in [0.5, 0.6) is 0 Å². The van der Waals surface area contributed by atoms with E-state index >= 15 is 0 Å². The van der Waals surface area contributed by atoms with E-state index in [2.05, 4.69) is 93.6 Å². The van der Waals surface area contributed by atoms with Crippen LogP contribution < -0.4 is 0 Å². The van der Waals surface area contributed by atoms with Crippen LogP contribution in [0.25, 0.3) is 0 Å². The Labute approximate surface area is 288 Å². The van der Waals surface area contributed by atoms with Gasteiger partial charge in [-0.25, -0.2) is 0 Å². The van der Waals surface area contributed by atoms with Crippen molar-refractivity contribution in [3.8, 4) is 0 Å². The highest BCUT2D eigenvalue weighted by atomic mass is 32.3. The van der Waals surface area contributed by atoms with Gasteiger partial charge in [0.1, 0.15) is 0 Å². The lowest BCUT2D eigenvalue weighted by Gasteiger charge is -2.56. The highest BCUT2D eigenvalue weighted by molar-refractivity contribution is 8.30. The molecule has 4 fully saturated rings. The summed E-state index contributed by atoms with van der Waals surface area (Å²) in [5, 5.41) is 0. The first-order chi connectivity index (χ1) is 23.0. The number of carbonyl (C=O) groups is 1. The third-order valence-electron chi connectivity index (χ3n) is 11.6. The minimum atomic E-state index is -2.30. The second kappa shape index (κ2) is 15.8. The summed E-state index contributed by atoms with van der Waals surface area (Å²) in [6.07, 6.45) is 21.5. The molecule has 0 atom stereocenters. The molecule has 0 heterocycles. The molecule has 3 heteroatoms. The molecule has 2 nitrogen and oxygen atoms in total. The predicted molar refractivity (Wildman–Crippen MR) is 198 cm³/mol. The number of unbranched alkanes of at least 4 members (excludes halogenated alkanes) is 6. The number of hydrogen-bond donors (Lipinski definition) is 0. The summed E-state index contributed by atoms with van der Waals surface area (Å²) < 4.78 is 7.34. The van der Waals surface area contributed by atoms with E-state index in [9.17, 15) is 4.79 Å². The molecule has 4 aliphatic carbocycles. The summed E-state index contributed by atoms with van der Waals surface area (Å²) in [5.41, 5.74) is 3.81. The third-order valence-corrected chi connectivity index (χ3v) is 14.9. The van der Waals surface area contributed by atoms with Crippen molar-refractivity contribution in [3.63, 3.8) is 0 Å². The normalized spacial score (nSPS) is 23.6. The maximum Gasteiger partial charge on any atom is 0.323 e. The second-order valence-electron chi connectivity index (χ2n) is 15.4. The Morgan fingerprint density at radius 2 is 0.872 bits per heavy atom. The van der Waals surface area contributed by atoms with Crippen molar-refractivity contribution in [1.82, 2.24) is 0 Å². The average molecular weight is 653 g/mol. The van der Waals surface area contributed by atoms with Crippen molar-refractivity contribution in [2.45, 2.75) is 151 Å². The minimum Gasteiger partial charge on any atom is -0.402 e. The van der Waals surface area contributed by atoms with E-state index in [0.29, 0.717) is 17.8 Å². The summed E-state index contributed by atoms with van der Waals surface area (Å²) in [5.74, 6) is 2.18. The molecular weight excluding hydrogens is 593 g/mol. The minimum absolute atomic E-state index is 0.0812. The first kappa shape index (κ1) is 34.3. The largest absolute Gasteiger partial charge is 0.402 e. The van der Waals surface area contributed by atoms with Gasteiger partial charge in [0.15, 0.2) is 0 Å². The average Bonchev–Trinajstić information content (AvgIpc) is 3.08. The van der Waals surface area contributed by atoms with E-state index in [4.69, 9.17) is 4.18 Å². The molecule has 4 aliphatic rings. The fourth-order valence-electron chi connectivity index (χ4n) is 9.40. The van der Waals surface area contributed by atoms with Crippen molar-refractivity contribution >= 4 is 16.3 Å². The van der Waals surface area contributed by atoms with Gasteiger partial charge in [0, 0.05) is 14.7 Å². The summed E-state index contributed by atoms with van der Waals surface area (Å²) in [7, 11) is -2.30. The number of carbonyl (C=O) groups excluding carboxylic acids is 1. The Hall–Kier alpha value is -2.52. The van der Waals surface area contributed by atoms with Crippen molar-refractivity contribution < 1.29 is 8.98 Å². The number of rotatable bonds is 17. The van der Waals surface area contributed by atoms with Crippen molar-refractivity contribution in [2.75, 3.05) is 0 Å². The lowest BCUT2D eigenvalue weighted by atomic mass is 9.49. The highest BCUT2D eigenvalue weighted by Gasteiger charge is 2.57. The molecule has 0 spiro atoms.